The van der Waals surface area contributed by atoms with Crippen molar-refractivity contribution in [3.05, 3.63) is 29.8 Å². The summed E-state index contributed by atoms with van der Waals surface area (Å²) >= 11 is 0. The fourth-order valence-corrected chi connectivity index (χ4v) is 4.59. The molecule has 2 fully saturated rings. The van der Waals surface area contributed by atoms with Crippen molar-refractivity contribution in [2.75, 3.05) is 20.1 Å². The fourth-order valence-electron chi connectivity index (χ4n) is 3.03. The smallest absolute Gasteiger partial charge is 0.243 e. The summed E-state index contributed by atoms with van der Waals surface area (Å²) in [7, 11) is -1.56. The molecule has 2 bridgehead atoms. The molecule has 0 aliphatic carbocycles. The van der Waals surface area contributed by atoms with Gasteiger partial charge < -0.3 is 10.1 Å². The number of nitrogens with one attached hydrogen (secondary N) is 1. The van der Waals surface area contributed by atoms with Gasteiger partial charge in [-0.05, 0) is 44.5 Å². The van der Waals surface area contributed by atoms with Crippen LogP contribution >= 0.6 is 0 Å². The molecule has 0 saturated carbocycles. The van der Waals surface area contributed by atoms with Crippen molar-refractivity contribution in [3.8, 4) is 0 Å². The Morgan fingerprint density at radius 2 is 1.95 bits per heavy atom. The van der Waals surface area contributed by atoms with E-state index in [4.69, 9.17) is 4.74 Å². The van der Waals surface area contributed by atoms with Crippen molar-refractivity contribution >= 4 is 10.0 Å². The Morgan fingerprint density at radius 1 is 1.29 bits per heavy atom. The molecule has 2 aliphatic heterocycles. The van der Waals surface area contributed by atoms with E-state index in [0.717, 1.165) is 18.4 Å². The number of ether oxygens (including phenoxy) is 1. The van der Waals surface area contributed by atoms with E-state index >= 15 is 0 Å². The molecular formula is C15H22N2O3S. The standard InChI is InChI=1S/C15H22N2O3S/c1-11(16-2)12-4-3-5-15(8-12)21(18,19)17-9-13-6-7-14(10-17)20-13/h3-5,8,11,13-14,16H,6-7,9-10H2,1-2H3. The first kappa shape index (κ1) is 15.0. The number of fused-ring (bicyclic) bond motifs is 2. The molecular weight excluding hydrogens is 288 g/mol. The van der Waals surface area contributed by atoms with Crippen molar-refractivity contribution in [2.45, 2.75) is 42.9 Å². The summed E-state index contributed by atoms with van der Waals surface area (Å²) in [5.41, 5.74) is 0.981. The van der Waals surface area contributed by atoms with Crippen LogP contribution < -0.4 is 5.32 Å². The van der Waals surface area contributed by atoms with Crippen LogP contribution in [0.2, 0.25) is 0 Å². The molecule has 5 nitrogen and oxygen atoms in total. The number of benzene rings is 1. The van der Waals surface area contributed by atoms with Gasteiger partial charge in [-0.2, -0.15) is 4.31 Å². The largest absolute Gasteiger partial charge is 0.372 e. The van der Waals surface area contributed by atoms with Crippen LogP contribution in [0.25, 0.3) is 0 Å². The Labute approximate surface area is 126 Å². The predicted octanol–water partition coefficient (Wildman–Crippen LogP) is 1.52. The molecule has 2 aliphatic rings. The summed E-state index contributed by atoms with van der Waals surface area (Å²) in [6, 6.07) is 7.34. The van der Waals surface area contributed by atoms with E-state index in [2.05, 4.69) is 5.32 Å². The van der Waals surface area contributed by atoms with Crippen LogP contribution in [0, 0.1) is 0 Å². The van der Waals surface area contributed by atoms with E-state index in [0.29, 0.717) is 18.0 Å². The van der Waals surface area contributed by atoms with Crippen LogP contribution in [-0.4, -0.2) is 45.1 Å². The van der Waals surface area contributed by atoms with Crippen molar-refractivity contribution in [1.82, 2.24) is 9.62 Å². The van der Waals surface area contributed by atoms with Gasteiger partial charge in [0, 0.05) is 19.1 Å². The zero-order valence-corrected chi connectivity index (χ0v) is 13.3. The number of rotatable bonds is 4. The van der Waals surface area contributed by atoms with Crippen molar-refractivity contribution < 1.29 is 13.2 Å². The first-order chi connectivity index (χ1) is 10.0. The maximum absolute atomic E-state index is 12.8. The first-order valence-corrected chi connectivity index (χ1v) is 8.87. The summed E-state index contributed by atoms with van der Waals surface area (Å²) in [4.78, 5) is 0.378. The summed E-state index contributed by atoms with van der Waals surface area (Å²) in [5, 5.41) is 3.14. The second kappa shape index (κ2) is 5.68. The lowest BCUT2D eigenvalue weighted by Gasteiger charge is -2.31. The third kappa shape index (κ3) is 2.85. The maximum Gasteiger partial charge on any atom is 0.243 e. The van der Waals surface area contributed by atoms with Gasteiger partial charge in [0.05, 0.1) is 17.1 Å². The second-order valence-electron chi connectivity index (χ2n) is 5.86. The summed E-state index contributed by atoms with van der Waals surface area (Å²) < 4.78 is 32.9. The van der Waals surface area contributed by atoms with Crippen molar-refractivity contribution in [1.29, 1.82) is 0 Å². The maximum atomic E-state index is 12.8. The Hall–Kier alpha value is -0.950. The minimum absolute atomic E-state index is 0.0675. The molecule has 2 saturated heterocycles. The van der Waals surface area contributed by atoms with Gasteiger partial charge in [0.2, 0.25) is 10.0 Å². The molecule has 0 radical (unpaired) electrons. The minimum Gasteiger partial charge on any atom is -0.372 e. The Bertz CT molecular complexity index is 605. The molecule has 3 unspecified atom stereocenters. The quantitative estimate of drug-likeness (QED) is 0.916. The van der Waals surface area contributed by atoms with Crippen molar-refractivity contribution in [3.63, 3.8) is 0 Å². The summed E-state index contributed by atoms with van der Waals surface area (Å²) in [6.45, 7) is 2.97. The van der Waals surface area contributed by atoms with Gasteiger partial charge in [-0.1, -0.05) is 12.1 Å². The second-order valence-corrected chi connectivity index (χ2v) is 7.80. The van der Waals surface area contributed by atoms with Gasteiger partial charge in [0.25, 0.3) is 0 Å². The molecule has 3 rings (SSSR count). The number of hydrogen-bond donors (Lipinski definition) is 1. The average Bonchev–Trinajstić information content (AvgIpc) is 2.84. The monoisotopic (exact) mass is 310 g/mol. The molecule has 2 heterocycles. The third-order valence-electron chi connectivity index (χ3n) is 4.44. The fraction of sp³-hybridized carbons (Fsp3) is 0.600. The highest BCUT2D eigenvalue weighted by Gasteiger charge is 2.39. The van der Waals surface area contributed by atoms with E-state index in [-0.39, 0.29) is 18.2 Å². The molecule has 0 spiro atoms. The van der Waals surface area contributed by atoms with Crippen molar-refractivity contribution in [2.24, 2.45) is 0 Å². The molecule has 1 aromatic rings. The lowest BCUT2D eigenvalue weighted by molar-refractivity contribution is -0.0114. The Kier molecular flexibility index (Phi) is 4.05. The van der Waals surface area contributed by atoms with Gasteiger partial charge in [-0.3, -0.25) is 0 Å². The number of morpholine rings is 1. The van der Waals surface area contributed by atoms with Crippen LogP contribution in [0.1, 0.15) is 31.4 Å². The average molecular weight is 310 g/mol. The van der Waals surface area contributed by atoms with Gasteiger partial charge >= 0.3 is 0 Å². The zero-order valence-electron chi connectivity index (χ0n) is 12.5. The summed E-state index contributed by atoms with van der Waals surface area (Å²) in [5.74, 6) is 0. The predicted molar refractivity (Wildman–Crippen MR) is 80.6 cm³/mol. The number of nitrogens with zero attached hydrogens (tertiary/aromatic N) is 1. The lowest BCUT2D eigenvalue weighted by Crippen LogP contribution is -2.45. The lowest BCUT2D eigenvalue weighted by atomic mass is 10.1. The van der Waals surface area contributed by atoms with E-state index in [1.807, 2.05) is 26.1 Å². The molecule has 21 heavy (non-hydrogen) atoms. The van der Waals surface area contributed by atoms with Gasteiger partial charge in [-0.15, -0.1) is 0 Å². The number of sulfonamides is 1. The number of hydrogen-bond acceptors (Lipinski definition) is 4. The van der Waals surface area contributed by atoms with Gasteiger partial charge in [0.1, 0.15) is 0 Å². The molecule has 0 amide bonds. The molecule has 3 atom stereocenters. The van der Waals surface area contributed by atoms with Crippen LogP contribution in [0.4, 0.5) is 0 Å². The Morgan fingerprint density at radius 3 is 2.57 bits per heavy atom. The SMILES string of the molecule is CNC(C)c1cccc(S(=O)(=O)N2CC3CCC(C2)O3)c1. The third-order valence-corrected chi connectivity index (χ3v) is 6.27. The minimum atomic E-state index is -3.43. The van der Waals surface area contributed by atoms with E-state index in [1.54, 1.807) is 16.4 Å². The van der Waals surface area contributed by atoms with Crippen LogP contribution in [0.5, 0.6) is 0 Å². The van der Waals surface area contributed by atoms with E-state index in [1.165, 1.54) is 0 Å². The topological polar surface area (TPSA) is 58.6 Å². The molecule has 1 aromatic carbocycles. The van der Waals surface area contributed by atoms with E-state index in [9.17, 15) is 8.42 Å². The molecule has 1 N–H and O–H groups in total. The highest BCUT2D eigenvalue weighted by atomic mass is 32.2. The van der Waals surface area contributed by atoms with Crippen LogP contribution in [0.3, 0.4) is 0 Å². The highest BCUT2D eigenvalue weighted by molar-refractivity contribution is 7.89. The van der Waals surface area contributed by atoms with Crippen LogP contribution in [-0.2, 0) is 14.8 Å². The van der Waals surface area contributed by atoms with E-state index < -0.39 is 10.0 Å². The Balaban J connectivity index is 1.88. The molecule has 6 heteroatoms. The normalized spacial score (nSPS) is 27.7. The van der Waals surface area contributed by atoms with Gasteiger partial charge in [0.15, 0.2) is 0 Å². The van der Waals surface area contributed by atoms with Gasteiger partial charge in [-0.25, -0.2) is 8.42 Å². The first-order valence-electron chi connectivity index (χ1n) is 7.43. The zero-order chi connectivity index (χ0) is 15.0. The highest BCUT2D eigenvalue weighted by Crippen LogP contribution is 2.30. The molecule has 0 aromatic heterocycles. The van der Waals surface area contributed by atoms with Crippen LogP contribution in [0.15, 0.2) is 29.2 Å². The summed E-state index contributed by atoms with van der Waals surface area (Å²) in [6.07, 6.45) is 2.07. The molecule has 116 valence electrons.